The molecule has 106 valence electrons. The van der Waals surface area contributed by atoms with Gasteiger partial charge < -0.3 is 15.2 Å². The molecule has 1 fully saturated rings. The fraction of sp³-hybridized carbons (Fsp3) is 0.923. The Labute approximate surface area is 109 Å². The number of likely N-dealkylation sites (tertiary alicyclic amines) is 1. The number of hydrogen-bond donors (Lipinski definition) is 2. The Morgan fingerprint density at radius 1 is 1.56 bits per heavy atom. The van der Waals surface area contributed by atoms with Gasteiger partial charge in [0.15, 0.2) is 0 Å². The first kappa shape index (κ1) is 15.4. The highest BCUT2D eigenvalue weighted by atomic mass is 16.5. The van der Waals surface area contributed by atoms with Gasteiger partial charge in [0.2, 0.25) is 5.91 Å². The van der Waals surface area contributed by atoms with Crippen LogP contribution in [-0.4, -0.2) is 61.4 Å². The first-order chi connectivity index (χ1) is 8.69. The fourth-order valence-electron chi connectivity index (χ4n) is 2.30. The highest BCUT2D eigenvalue weighted by Crippen LogP contribution is 2.16. The highest BCUT2D eigenvalue weighted by molar-refractivity contribution is 5.80. The van der Waals surface area contributed by atoms with Crippen LogP contribution in [0.25, 0.3) is 0 Å². The molecule has 0 aromatic heterocycles. The van der Waals surface area contributed by atoms with Gasteiger partial charge >= 0.3 is 0 Å². The summed E-state index contributed by atoms with van der Waals surface area (Å²) in [5, 5.41) is 12.0. The van der Waals surface area contributed by atoms with Crippen LogP contribution in [0.4, 0.5) is 0 Å². The molecule has 2 N–H and O–H groups in total. The van der Waals surface area contributed by atoms with E-state index in [2.05, 4.69) is 10.2 Å². The summed E-state index contributed by atoms with van der Waals surface area (Å²) in [5.74, 6) is -0.0492. The maximum Gasteiger partial charge on any atom is 0.248 e. The second-order valence-corrected chi connectivity index (χ2v) is 4.89. The first-order valence-corrected chi connectivity index (χ1v) is 6.84. The van der Waals surface area contributed by atoms with Gasteiger partial charge in [0.1, 0.15) is 6.10 Å². The van der Waals surface area contributed by atoms with E-state index in [1.54, 1.807) is 6.92 Å². The molecular weight excluding hydrogens is 232 g/mol. The molecule has 0 spiro atoms. The second kappa shape index (κ2) is 8.45. The number of unbranched alkanes of at least 4 members (excludes halogenated alkanes) is 1. The van der Waals surface area contributed by atoms with Crippen LogP contribution < -0.4 is 5.32 Å². The van der Waals surface area contributed by atoms with Crippen molar-refractivity contribution in [2.75, 3.05) is 33.4 Å². The molecule has 1 rings (SSSR count). The number of carbonyl (C=O) groups excluding carboxylic acids is 1. The number of nitrogens with zero attached hydrogens (tertiary/aromatic N) is 1. The number of amides is 1. The molecule has 1 aliphatic heterocycles. The first-order valence-electron chi connectivity index (χ1n) is 6.84. The molecule has 18 heavy (non-hydrogen) atoms. The Kier molecular flexibility index (Phi) is 7.23. The van der Waals surface area contributed by atoms with E-state index in [1.807, 2.05) is 0 Å². The van der Waals surface area contributed by atoms with Crippen LogP contribution in [0.1, 0.15) is 32.6 Å². The quantitative estimate of drug-likeness (QED) is 0.618. The van der Waals surface area contributed by atoms with Crippen molar-refractivity contribution in [1.29, 1.82) is 0 Å². The lowest BCUT2D eigenvalue weighted by molar-refractivity contribution is -0.130. The lowest BCUT2D eigenvalue weighted by atomic mass is 10.2. The summed E-state index contributed by atoms with van der Waals surface area (Å²) in [6.45, 7) is 4.82. The standard InChI is InChI=1S/C13H26N2O3/c1-11(18-2)13(17)14-7-3-4-8-15-9-5-6-12(15)10-16/h11-12,16H,3-10H2,1-2H3,(H,14,17). The molecule has 0 bridgehead atoms. The molecule has 0 aliphatic carbocycles. The predicted molar refractivity (Wildman–Crippen MR) is 70.4 cm³/mol. The van der Waals surface area contributed by atoms with Crippen molar-refractivity contribution in [3.8, 4) is 0 Å². The third-order valence-electron chi connectivity index (χ3n) is 3.60. The van der Waals surface area contributed by atoms with Crippen molar-refractivity contribution in [2.24, 2.45) is 0 Å². The molecule has 5 heteroatoms. The van der Waals surface area contributed by atoms with Crippen LogP contribution in [0, 0.1) is 0 Å². The normalized spacial score (nSPS) is 22.1. The zero-order chi connectivity index (χ0) is 13.4. The van der Waals surface area contributed by atoms with Gasteiger partial charge in [0.05, 0.1) is 6.61 Å². The zero-order valence-electron chi connectivity index (χ0n) is 11.5. The fourth-order valence-corrected chi connectivity index (χ4v) is 2.30. The van der Waals surface area contributed by atoms with Crippen molar-refractivity contribution >= 4 is 5.91 Å². The molecule has 1 aliphatic rings. The number of carbonyl (C=O) groups is 1. The molecule has 0 saturated carbocycles. The number of aliphatic hydroxyl groups is 1. The van der Waals surface area contributed by atoms with Crippen LogP contribution in [0.15, 0.2) is 0 Å². The molecule has 0 aromatic carbocycles. The van der Waals surface area contributed by atoms with Gasteiger partial charge in [-0.15, -0.1) is 0 Å². The summed E-state index contributed by atoms with van der Waals surface area (Å²) in [5.41, 5.74) is 0. The molecule has 2 unspecified atom stereocenters. The van der Waals surface area contributed by atoms with Crippen molar-refractivity contribution in [3.63, 3.8) is 0 Å². The lowest BCUT2D eigenvalue weighted by Gasteiger charge is -2.22. The number of rotatable bonds is 8. The Balaban J connectivity index is 2.03. The lowest BCUT2D eigenvalue weighted by Crippen LogP contribution is -2.35. The molecule has 1 heterocycles. The number of hydrogen-bond acceptors (Lipinski definition) is 4. The molecule has 1 saturated heterocycles. The number of ether oxygens (including phenoxy) is 1. The molecular formula is C13H26N2O3. The summed E-state index contributed by atoms with van der Waals surface area (Å²) in [6.07, 6.45) is 3.95. The van der Waals surface area contributed by atoms with Gasteiger partial charge in [0.25, 0.3) is 0 Å². The molecule has 2 atom stereocenters. The molecule has 0 aromatic rings. The van der Waals surface area contributed by atoms with Crippen molar-refractivity contribution in [2.45, 2.75) is 44.8 Å². The van der Waals surface area contributed by atoms with E-state index < -0.39 is 0 Å². The van der Waals surface area contributed by atoms with Gasteiger partial charge in [-0.25, -0.2) is 0 Å². The maximum atomic E-state index is 11.4. The van der Waals surface area contributed by atoms with Gasteiger partial charge in [0, 0.05) is 19.7 Å². The number of methoxy groups -OCH3 is 1. The average molecular weight is 258 g/mol. The number of aliphatic hydroxyl groups excluding tert-OH is 1. The molecule has 0 radical (unpaired) electrons. The monoisotopic (exact) mass is 258 g/mol. The van der Waals surface area contributed by atoms with E-state index in [0.29, 0.717) is 12.6 Å². The summed E-state index contributed by atoms with van der Waals surface area (Å²) >= 11 is 0. The SMILES string of the molecule is COC(C)C(=O)NCCCCN1CCCC1CO. The average Bonchev–Trinajstić information content (AvgIpc) is 2.84. The van der Waals surface area contributed by atoms with Gasteiger partial charge in [-0.05, 0) is 45.7 Å². The van der Waals surface area contributed by atoms with Crippen molar-refractivity contribution in [3.05, 3.63) is 0 Å². The Morgan fingerprint density at radius 3 is 3.00 bits per heavy atom. The topological polar surface area (TPSA) is 61.8 Å². The number of nitrogens with one attached hydrogen (secondary N) is 1. The van der Waals surface area contributed by atoms with Gasteiger partial charge in [-0.1, -0.05) is 0 Å². The van der Waals surface area contributed by atoms with Crippen LogP contribution in [0.5, 0.6) is 0 Å². The van der Waals surface area contributed by atoms with E-state index >= 15 is 0 Å². The minimum atomic E-state index is -0.373. The van der Waals surface area contributed by atoms with Crippen LogP contribution in [0.3, 0.4) is 0 Å². The summed E-state index contributed by atoms with van der Waals surface area (Å²) in [6, 6.07) is 0.355. The second-order valence-electron chi connectivity index (χ2n) is 4.89. The third-order valence-corrected chi connectivity index (χ3v) is 3.60. The van der Waals surface area contributed by atoms with E-state index in [4.69, 9.17) is 4.74 Å². The van der Waals surface area contributed by atoms with Gasteiger partial charge in [-0.2, -0.15) is 0 Å². The summed E-state index contributed by atoms with van der Waals surface area (Å²) in [7, 11) is 1.53. The Morgan fingerprint density at radius 2 is 2.33 bits per heavy atom. The van der Waals surface area contributed by atoms with E-state index in [-0.39, 0.29) is 18.6 Å². The van der Waals surface area contributed by atoms with Crippen molar-refractivity contribution in [1.82, 2.24) is 10.2 Å². The smallest absolute Gasteiger partial charge is 0.248 e. The minimum absolute atomic E-state index is 0.0492. The summed E-state index contributed by atoms with van der Waals surface area (Å²) in [4.78, 5) is 13.8. The van der Waals surface area contributed by atoms with E-state index in [0.717, 1.165) is 32.4 Å². The zero-order valence-corrected chi connectivity index (χ0v) is 11.5. The molecule has 1 amide bonds. The Hall–Kier alpha value is -0.650. The summed E-state index contributed by atoms with van der Waals surface area (Å²) < 4.78 is 4.93. The Bertz CT molecular complexity index is 248. The molecule has 5 nitrogen and oxygen atoms in total. The van der Waals surface area contributed by atoms with Crippen LogP contribution in [-0.2, 0) is 9.53 Å². The maximum absolute atomic E-state index is 11.4. The van der Waals surface area contributed by atoms with Crippen LogP contribution in [0.2, 0.25) is 0 Å². The van der Waals surface area contributed by atoms with E-state index in [1.165, 1.54) is 13.5 Å². The predicted octanol–water partition coefficient (Wildman–Crippen LogP) is 0.374. The largest absolute Gasteiger partial charge is 0.395 e. The third kappa shape index (κ3) is 4.92. The highest BCUT2D eigenvalue weighted by Gasteiger charge is 2.22. The van der Waals surface area contributed by atoms with Crippen molar-refractivity contribution < 1.29 is 14.6 Å². The van der Waals surface area contributed by atoms with Crippen LogP contribution >= 0.6 is 0 Å². The van der Waals surface area contributed by atoms with E-state index in [9.17, 15) is 9.90 Å². The van der Waals surface area contributed by atoms with Gasteiger partial charge in [-0.3, -0.25) is 9.69 Å². The minimum Gasteiger partial charge on any atom is -0.395 e.